The molecule has 0 spiro atoms. The maximum absolute atomic E-state index is 9.96. The highest BCUT2D eigenvalue weighted by Crippen LogP contribution is 2.35. The van der Waals surface area contributed by atoms with Gasteiger partial charge in [-0.3, -0.25) is 5.10 Å². The van der Waals surface area contributed by atoms with E-state index in [2.05, 4.69) is 26.9 Å². The number of H-pyrrole nitrogens is 1. The largest absolute Gasteiger partial charge is 0.493 e. The average Bonchev–Trinajstić information content (AvgIpc) is 3.22. The second-order valence-corrected chi connectivity index (χ2v) is 8.57. The number of hydrogen-bond donors (Lipinski definition) is 3. The predicted molar refractivity (Wildman–Crippen MR) is 123 cm³/mol. The monoisotopic (exact) mass is 434 g/mol. The molecule has 3 aromatic rings. The van der Waals surface area contributed by atoms with Crippen LogP contribution in [0.3, 0.4) is 0 Å². The summed E-state index contributed by atoms with van der Waals surface area (Å²) in [6, 6.07) is 16.1. The number of pyridine rings is 1. The summed E-state index contributed by atoms with van der Waals surface area (Å²) >= 11 is 1.56. The molecule has 8 heteroatoms. The minimum absolute atomic E-state index is 0.347. The lowest BCUT2D eigenvalue weighted by atomic mass is 9.88. The highest BCUT2D eigenvalue weighted by molar-refractivity contribution is 7.99. The number of aryl methyl sites for hydroxylation is 1. The van der Waals surface area contributed by atoms with Crippen molar-refractivity contribution in [3.63, 3.8) is 0 Å². The number of thioether (sulfide) groups is 1. The van der Waals surface area contributed by atoms with Crippen LogP contribution >= 0.6 is 11.8 Å². The van der Waals surface area contributed by atoms with Crippen molar-refractivity contribution in [2.75, 3.05) is 30.8 Å². The maximum Gasteiger partial charge on any atom is 0.153 e. The van der Waals surface area contributed by atoms with Crippen molar-refractivity contribution in [1.29, 1.82) is 5.26 Å². The van der Waals surface area contributed by atoms with E-state index in [0.717, 1.165) is 48.0 Å². The Labute approximate surface area is 186 Å². The lowest BCUT2D eigenvalue weighted by Crippen LogP contribution is -2.27. The van der Waals surface area contributed by atoms with Crippen molar-refractivity contribution < 1.29 is 4.74 Å². The molecule has 0 unspecified atom stereocenters. The number of benzene rings is 1. The van der Waals surface area contributed by atoms with Crippen LogP contribution in [0.5, 0.6) is 5.75 Å². The zero-order valence-corrected chi connectivity index (χ0v) is 18.3. The Balaban J connectivity index is 1.55. The molecule has 1 aliphatic heterocycles. The number of aromatic nitrogens is 3. The second kappa shape index (κ2) is 10.3. The molecule has 4 rings (SSSR count). The number of nitrogens with one attached hydrogen (secondary N) is 3. The van der Waals surface area contributed by atoms with E-state index in [1.807, 2.05) is 49.4 Å². The molecule has 31 heavy (non-hydrogen) atoms. The van der Waals surface area contributed by atoms with E-state index < -0.39 is 0 Å². The van der Waals surface area contributed by atoms with Gasteiger partial charge in [0.2, 0.25) is 0 Å². The van der Waals surface area contributed by atoms with Crippen LogP contribution in [0.4, 0.5) is 11.6 Å². The Morgan fingerprint density at radius 3 is 2.71 bits per heavy atom. The van der Waals surface area contributed by atoms with Crippen LogP contribution < -0.4 is 15.4 Å². The van der Waals surface area contributed by atoms with Crippen LogP contribution in [0.1, 0.15) is 35.6 Å². The van der Waals surface area contributed by atoms with Gasteiger partial charge in [-0.2, -0.15) is 10.4 Å². The zero-order chi connectivity index (χ0) is 21.5. The SMILES string of the molecule is Cc1cc(Nc2cc(C3CCNCC3)c(C#N)c(SCCOc3ccccc3)n2)n[nH]1. The van der Waals surface area contributed by atoms with E-state index >= 15 is 0 Å². The first-order valence-corrected chi connectivity index (χ1v) is 11.5. The van der Waals surface area contributed by atoms with Gasteiger partial charge in [0.25, 0.3) is 0 Å². The van der Waals surface area contributed by atoms with Crippen molar-refractivity contribution in [3.05, 3.63) is 59.3 Å². The summed E-state index contributed by atoms with van der Waals surface area (Å²) in [6.45, 7) is 4.43. The van der Waals surface area contributed by atoms with E-state index in [4.69, 9.17) is 9.72 Å². The first-order valence-electron chi connectivity index (χ1n) is 10.5. The van der Waals surface area contributed by atoms with Gasteiger partial charge >= 0.3 is 0 Å². The molecular formula is C23H26N6OS. The summed E-state index contributed by atoms with van der Waals surface area (Å²) in [5, 5.41) is 24.6. The van der Waals surface area contributed by atoms with Crippen LogP contribution in [0, 0.1) is 18.3 Å². The number of piperidine rings is 1. The molecule has 0 radical (unpaired) electrons. The summed E-state index contributed by atoms with van der Waals surface area (Å²) < 4.78 is 5.81. The molecule has 0 aliphatic carbocycles. The van der Waals surface area contributed by atoms with Crippen LogP contribution in [0.15, 0.2) is 47.5 Å². The fourth-order valence-electron chi connectivity index (χ4n) is 3.70. The molecule has 3 heterocycles. The van der Waals surface area contributed by atoms with Crippen LogP contribution in [0.2, 0.25) is 0 Å². The molecule has 1 saturated heterocycles. The highest BCUT2D eigenvalue weighted by Gasteiger charge is 2.23. The van der Waals surface area contributed by atoms with Crippen molar-refractivity contribution in [3.8, 4) is 11.8 Å². The minimum atomic E-state index is 0.347. The van der Waals surface area contributed by atoms with Gasteiger partial charge in [0.1, 0.15) is 22.7 Å². The van der Waals surface area contributed by atoms with Gasteiger partial charge in [-0.05, 0) is 62.5 Å². The van der Waals surface area contributed by atoms with Gasteiger partial charge in [0.15, 0.2) is 5.82 Å². The molecule has 1 aromatic carbocycles. The van der Waals surface area contributed by atoms with E-state index in [1.165, 1.54) is 0 Å². The summed E-state index contributed by atoms with van der Waals surface area (Å²) in [5.74, 6) is 3.32. The number of hydrogen-bond acceptors (Lipinski definition) is 7. The van der Waals surface area contributed by atoms with Gasteiger partial charge in [0.05, 0.1) is 12.2 Å². The second-order valence-electron chi connectivity index (χ2n) is 7.48. The van der Waals surface area contributed by atoms with Gasteiger partial charge in [-0.25, -0.2) is 4.98 Å². The summed E-state index contributed by atoms with van der Waals surface area (Å²) in [6.07, 6.45) is 2.03. The lowest BCUT2D eigenvalue weighted by Gasteiger charge is -2.25. The molecule has 1 fully saturated rings. The molecule has 2 aromatic heterocycles. The quantitative estimate of drug-likeness (QED) is 0.358. The fraction of sp³-hybridized carbons (Fsp3) is 0.348. The number of para-hydroxylation sites is 1. The number of ether oxygens (including phenoxy) is 1. The Hall–Kier alpha value is -3.02. The Bertz CT molecular complexity index is 1040. The highest BCUT2D eigenvalue weighted by atomic mass is 32.2. The normalized spacial score (nSPS) is 14.2. The third kappa shape index (κ3) is 5.57. The molecular weight excluding hydrogens is 408 g/mol. The Kier molecular flexibility index (Phi) is 7.07. The zero-order valence-electron chi connectivity index (χ0n) is 17.5. The molecule has 1 aliphatic rings. The molecule has 0 bridgehead atoms. The topological polar surface area (TPSA) is 98.7 Å². The molecule has 0 amide bonds. The first-order chi connectivity index (χ1) is 15.2. The summed E-state index contributed by atoms with van der Waals surface area (Å²) in [4.78, 5) is 4.75. The van der Waals surface area contributed by atoms with Gasteiger partial charge in [-0.15, -0.1) is 11.8 Å². The van der Waals surface area contributed by atoms with E-state index in [1.54, 1.807) is 11.8 Å². The molecule has 0 atom stereocenters. The van der Waals surface area contributed by atoms with Gasteiger partial charge in [0, 0.05) is 17.5 Å². The Morgan fingerprint density at radius 1 is 1.19 bits per heavy atom. The number of nitriles is 1. The van der Waals surface area contributed by atoms with E-state index in [9.17, 15) is 5.26 Å². The first kappa shape index (κ1) is 21.2. The molecule has 3 N–H and O–H groups in total. The van der Waals surface area contributed by atoms with Crippen molar-refractivity contribution in [2.24, 2.45) is 0 Å². The average molecular weight is 435 g/mol. The number of aromatic amines is 1. The van der Waals surface area contributed by atoms with E-state index in [-0.39, 0.29) is 0 Å². The number of nitrogens with zero attached hydrogens (tertiary/aromatic N) is 3. The van der Waals surface area contributed by atoms with Crippen LogP contribution in [-0.4, -0.2) is 40.6 Å². The maximum atomic E-state index is 9.96. The summed E-state index contributed by atoms with van der Waals surface area (Å²) in [5.41, 5.74) is 2.72. The van der Waals surface area contributed by atoms with Crippen LogP contribution in [-0.2, 0) is 0 Å². The van der Waals surface area contributed by atoms with Gasteiger partial charge < -0.3 is 15.4 Å². The standard InChI is InChI=1S/C23H26N6OS/c1-16-13-22(29-28-16)26-21-14-19(17-7-9-25-10-8-17)20(15-24)23(27-21)31-12-11-30-18-5-3-2-4-6-18/h2-6,13-14,17,25H,7-12H2,1H3,(H2,26,27,28,29). The predicted octanol–water partition coefficient (Wildman–Crippen LogP) is 4.37. The third-order valence-electron chi connectivity index (χ3n) is 5.20. The number of rotatable bonds is 8. The van der Waals surface area contributed by atoms with Gasteiger partial charge in [-0.1, -0.05) is 18.2 Å². The number of anilines is 2. The fourth-order valence-corrected chi connectivity index (χ4v) is 4.53. The van der Waals surface area contributed by atoms with Crippen molar-refractivity contribution in [1.82, 2.24) is 20.5 Å². The third-order valence-corrected chi connectivity index (χ3v) is 6.14. The van der Waals surface area contributed by atoms with E-state index in [0.29, 0.717) is 35.5 Å². The smallest absolute Gasteiger partial charge is 0.153 e. The van der Waals surface area contributed by atoms with Crippen molar-refractivity contribution >= 4 is 23.4 Å². The molecule has 0 saturated carbocycles. The van der Waals surface area contributed by atoms with Crippen LogP contribution in [0.25, 0.3) is 0 Å². The minimum Gasteiger partial charge on any atom is -0.493 e. The summed E-state index contributed by atoms with van der Waals surface area (Å²) in [7, 11) is 0. The lowest BCUT2D eigenvalue weighted by molar-refractivity contribution is 0.344. The van der Waals surface area contributed by atoms with Crippen molar-refractivity contribution in [2.45, 2.75) is 30.7 Å². The molecule has 160 valence electrons. The molecule has 7 nitrogen and oxygen atoms in total. The Morgan fingerprint density at radius 2 is 2.00 bits per heavy atom.